The number of hydrazine groups is 1. The Labute approximate surface area is 76.6 Å². The number of nitrogens with two attached hydrogens (primary N) is 1. The van der Waals surface area contributed by atoms with Crippen LogP contribution in [0.2, 0.25) is 0 Å². The second-order valence-corrected chi connectivity index (χ2v) is 2.61. The van der Waals surface area contributed by atoms with Crippen molar-refractivity contribution in [1.82, 2.24) is 5.01 Å². The second-order valence-electron chi connectivity index (χ2n) is 2.61. The molecule has 0 bridgehead atoms. The lowest BCUT2D eigenvalue weighted by Gasteiger charge is -2.14. The highest BCUT2D eigenvalue weighted by Gasteiger charge is 2.13. The summed E-state index contributed by atoms with van der Waals surface area (Å²) in [5.74, 6) is 4.97. The van der Waals surface area contributed by atoms with Gasteiger partial charge in [0.05, 0.1) is 5.56 Å². The summed E-state index contributed by atoms with van der Waals surface area (Å²) >= 11 is 0. The summed E-state index contributed by atoms with van der Waals surface area (Å²) in [6.45, 7) is 2.17. The first kappa shape index (κ1) is 9.54. The molecular weight excluding hydrogens is 168 g/mol. The Morgan fingerprint density at radius 1 is 1.54 bits per heavy atom. The molecule has 0 spiro atoms. The van der Waals surface area contributed by atoms with Crippen LogP contribution in [0.4, 0.5) is 0 Å². The number of rotatable bonds is 2. The van der Waals surface area contributed by atoms with Crippen molar-refractivity contribution < 1.29 is 9.90 Å². The van der Waals surface area contributed by atoms with Gasteiger partial charge in [0.15, 0.2) is 0 Å². The highest BCUT2D eigenvalue weighted by atomic mass is 16.3. The molecule has 1 rings (SSSR count). The van der Waals surface area contributed by atoms with E-state index in [-0.39, 0.29) is 17.2 Å². The fraction of sp³-hybridized carbons (Fsp3) is 0.222. The summed E-state index contributed by atoms with van der Waals surface area (Å²) < 4.78 is 0. The van der Waals surface area contributed by atoms with Crippen LogP contribution in [0.1, 0.15) is 17.3 Å². The van der Waals surface area contributed by atoms with Gasteiger partial charge in [-0.25, -0.2) is 5.84 Å². The molecule has 4 nitrogen and oxygen atoms in total. The van der Waals surface area contributed by atoms with Crippen LogP contribution in [-0.4, -0.2) is 22.6 Å². The number of phenols is 1. The molecule has 0 radical (unpaired) electrons. The fourth-order valence-corrected chi connectivity index (χ4v) is 0.953. The summed E-state index contributed by atoms with van der Waals surface area (Å²) in [4.78, 5) is 11.4. The van der Waals surface area contributed by atoms with Crippen LogP contribution in [0.3, 0.4) is 0 Å². The highest BCUT2D eigenvalue weighted by molar-refractivity contribution is 5.96. The number of para-hydroxylation sites is 1. The Bertz CT molecular complexity index is 312. The molecular formula is C9H12N2O2. The Hall–Kier alpha value is -1.55. The summed E-state index contributed by atoms with van der Waals surface area (Å²) in [5.41, 5.74) is 0.229. The minimum Gasteiger partial charge on any atom is -0.507 e. The zero-order valence-electron chi connectivity index (χ0n) is 7.40. The molecule has 0 heterocycles. The zero-order chi connectivity index (χ0) is 9.84. The quantitative estimate of drug-likeness (QED) is 0.400. The van der Waals surface area contributed by atoms with Gasteiger partial charge in [-0.15, -0.1) is 0 Å². The Morgan fingerprint density at radius 2 is 2.15 bits per heavy atom. The molecule has 0 aliphatic heterocycles. The minimum atomic E-state index is -0.374. The molecule has 1 aromatic rings. The molecule has 70 valence electrons. The van der Waals surface area contributed by atoms with Crippen molar-refractivity contribution in [1.29, 1.82) is 0 Å². The Morgan fingerprint density at radius 3 is 2.69 bits per heavy atom. The van der Waals surface area contributed by atoms with E-state index in [0.29, 0.717) is 6.54 Å². The first-order valence-corrected chi connectivity index (χ1v) is 4.01. The van der Waals surface area contributed by atoms with Crippen molar-refractivity contribution in [3.05, 3.63) is 29.8 Å². The normalized spacial score (nSPS) is 9.69. The number of nitrogens with zero attached hydrogens (tertiary/aromatic N) is 1. The van der Waals surface area contributed by atoms with Gasteiger partial charge < -0.3 is 5.11 Å². The monoisotopic (exact) mass is 180 g/mol. The van der Waals surface area contributed by atoms with Crippen LogP contribution in [-0.2, 0) is 0 Å². The van der Waals surface area contributed by atoms with Crippen molar-refractivity contribution in [3.63, 3.8) is 0 Å². The molecule has 0 aromatic heterocycles. The van der Waals surface area contributed by atoms with E-state index in [9.17, 15) is 9.90 Å². The third-order valence-electron chi connectivity index (χ3n) is 1.74. The van der Waals surface area contributed by atoms with Gasteiger partial charge in [-0.05, 0) is 19.1 Å². The van der Waals surface area contributed by atoms with Crippen LogP contribution in [0, 0.1) is 0 Å². The molecule has 0 fully saturated rings. The average Bonchev–Trinajstić information content (AvgIpc) is 2.16. The smallest absolute Gasteiger partial charge is 0.271 e. The number of hydrogen-bond acceptors (Lipinski definition) is 3. The lowest BCUT2D eigenvalue weighted by atomic mass is 10.2. The third-order valence-corrected chi connectivity index (χ3v) is 1.74. The zero-order valence-corrected chi connectivity index (χ0v) is 7.40. The van der Waals surface area contributed by atoms with Gasteiger partial charge in [0.1, 0.15) is 5.75 Å². The molecule has 0 saturated heterocycles. The van der Waals surface area contributed by atoms with E-state index in [1.165, 1.54) is 12.1 Å². The van der Waals surface area contributed by atoms with Gasteiger partial charge >= 0.3 is 0 Å². The maximum Gasteiger partial charge on any atom is 0.271 e. The Balaban J connectivity index is 2.95. The Kier molecular flexibility index (Phi) is 2.87. The molecule has 1 aromatic carbocycles. The van der Waals surface area contributed by atoms with Crippen LogP contribution in [0.5, 0.6) is 5.75 Å². The summed E-state index contributed by atoms with van der Waals surface area (Å²) in [5, 5.41) is 10.4. The number of carbonyl (C=O) groups excluding carboxylic acids is 1. The van der Waals surface area contributed by atoms with Gasteiger partial charge in [-0.1, -0.05) is 12.1 Å². The number of phenolic OH excluding ortho intramolecular Hbond substituents is 1. The number of benzene rings is 1. The number of hydrogen-bond donors (Lipinski definition) is 2. The average molecular weight is 180 g/mol. The van der Waals surface area contributed by atoms with Crippen LogP contribution < -0.4 is 5.84 Å². The van der Waals surface area contributed by atoms with E-state index in [2.05, 4.69) is 0 Å². The molecule has 0 aliphatic rings. The third kappa shape index (κ3) is 1.97. The standard InChI is InChI=1S/C9H12N2O2/c1-2-11(10)9(13)7-5-3-4-6-8(7)12/h3-6,12H,2,10H2,1H3. The maximum atomic E-state index is 11.4. The molecule has 0 unspecified atom stereocenters. The first-order chi connectivity index (χ1) is 6.16. The molecule has 0 aliphatic carbocycles. The molecule has 0 atom stereocenters. The number of carbonyl (C=O) groups is 1. The summed E-state index contributed by atoms with van der Waals surface area (Å²) in [6, 6.07) is 6.32. The SMILES string of the molecule is CCN(N)C(=O)c1ccccc1O. The van der Waals surface area contributed by atoms with E-state index in [0.717, 1.165) is 5.01 Å². The maximum absolute atomic E-state index is 11.4. The number of amides is 1. The van der Waals surface area contributed by atoms with Crippen LogP contribution in [0.25, 0.3) is 0 Å². The molecule has 0 saturated carbocycles. The predicted octanol–water partition coefficient (Wildman–Crippen LogP) is 0.728. The van der Waals surface area contributed by atoms with Crippen LogP contribution in [0.15, 0.2) is 24.3 Å². The number of aromatic hydroxyl groups is 1. The molecule has 1 amide bonds. The van der Waals surface area contributed by atoms with E-state index in [4.69, 9.17) is 5.84 Å². The van der Waals surface area contributed by atoms with Crippen molar-refractivity contribution in [2.45, 2.75) is 6.92 Å². The van der Waals surface area contributed by atoms with E-state index < -0.39 is 0 Å². The first-order valence-electron chi connectivity index (χ1n) is 4.01. The van der Waals surface area contributed by atoms with Gasteiger partial charge in [-0.3, -0.25) is 9.80 Å². The van der Waals surface area contributed by atoms with Gasteiger partial charge in [0.2, 0.25) is 0 Å². The van der Waals surface area contributed by atoms with Crippen molar-refractivity contribution in [2.75, 3.05) is 6.54 Å². The highest BCUT2D eigenvalue weighted by Crippen LogP contribution is 2.16. The van der Waals surface area contributed by atoms with Crippen LogP contribution >= 0.6 is 0 Å². The molecule has 13 heavy (non-hydrogen) atoms. The summed E-state index contributed by atoms with van der Waals surface area (Å²) in [7, 11) is 0. The lowest BCUT2D eigenvalue weighted by molar-refractivity contribution is 0.0761. The van der Waals surface area contributed by atoms with E-state index >= 15 is 0 Å². The van der Waals surface area contributed by atoms with Gasteiger partial charge in [-0.2, -0.15) is 0 Å². The largest absolute Gasteiger partial charge is 0.507 e. The predicted molar refractivity (Wildman–Crippen MR) is 49.0 cm³/mol. The topological polar surface area (TPSA) is 66.6 Å². The molecule has 3 N–H and O–H groups in total. The molecule has 4 heteroatoms. The van der Waals surface area contributed by atoms with Crippen molar-refractivity contribution >= 4 is 5.91 Å². The van der Waals surface area contributed by atoms with E-state index in [1.807, 2.05) is 0 Å². The van der Waals surface area contributed by atoms with Crippen molar-refractivity contribution in [3.8, 4) is 5.75 Å². The van der Waals surface area contributed by atoms with Gasteiger partial charge in [0.25, 0.3) is 5.91 Å². The fourth-order valence-electron chi connectivity index (χ4n) is 0.953. The van der Waals surface area contributed by atoms with Gasteiger partial charge in [0, 0.05) is 6.54 Å². The van der Waals surface area contributed by atoms with E-state index in [1.54, 1.807) is 19.1 Å². The summed E-state index contributed by atoms with van der Waals surface area (Å²) in [6.07, 6.45) is 0. The van der Waals surface area contributed by atoms with Crippen molar-refractivity contribution in [2.24, 2.45) is 5.84 Å². The lowest BCUT2D eigenvalue weighted by Crippen LogP contribution is -2.37. The minimum absolute atomic E-state index is 0.0450. The second kappa shape index (κ2) is 3.91.